The normalized spacial score (nSPS) is 31.7. The van der Waals surface area contributed by atoms with Crippen molar-refractivity contribution in [1.82, 2.24) is 10.1 Å². The van der Waals surface area contributed by atoms with Crippen molar-refractivity contribution < 1.29 is 4.52 Å². The first kappa shape index (κ1) is 13.4. The third kappa shape index (κ3) is 2.82. The quantitative estimate of drug-likeness (QED) is 0.903. The molecule has 0 amide bonds. The van der Waals surface area contributed by atoms with Crippen LogP contribution in [0.4, 0.5) is 0 Å². The number of thioether (sulfide) groups is 1. The van der Waals surface area contributed by atoms with Crippen LogP contribution in [-0.4, -0.2) is 27.7 Å². The second-order valence-corrected chi connectivity index (χ2v) is 7.81. The minimum atomic E-state index is 0.170. The largest absolute Gasteiger partial charge is 0.339 e. The highest BCUT2D eigenvalue weighted by Gasteiger charge is 2.34. The highest BCUT2D eigenvalue weighted by Crippen LogP contribution is 2.42. The van der Waals surface area contributed by atoms with Crippen molar-refractivity contribution in [2.24, 2.45) is 11.1 Å². The van der Waals surface area contributed by atoms with Gasteiger partial charge in [-0.15, -0.1) is 0 Å². The zero-order valence-electron chi connectivity index (χ0n) is 11.8. The Hall–Kier alpha value is -0.550. The molecule has 1 aromatic heterocycles. The summed E-state index contributed by atoms with van der Waals surface area (Å²) < 4.78 is 5.47. The van der Waals surface area contributed by atoms with Crippen molar-refractivity contribution in [2.45, 2.75) is 57.4 Å². The molecule has 1 aromatic rings. The maximum Gasteiger partial charge on any atom is 0.232 e. The molecule has 0 aromatic carbocycles. The van der Waals surface area contributed by atoms with Gasteiger partial charge < -0.3 is 10.3 Å². The van der Waals surface area contributed by atoms with Crippen LogP contribution in [0.5, 0.6) is 0 Å². The predicted molar refractivity (Wildman–Crippen MR) is 77.3 cm³/mol. The van der Waals surface area contributed by atoms with Crippen LogP contribution in [0, 0.1) is 5.41 Å². The van der Waals surface area contributed by atoms with Gasteiger partial charge in [-0.05, 0) is 31.1 Å². The van der Waals surface area contributed by atoms with Gasteiger partial charge in [0.05, 0.1) is 5.92 Å². The third-order valence-electron chi connectivity index (χ3n) is 4.60. The molecule has 2 atom stereocenters. The van der Waals surface area contributed by atoms with Gasteiger partial charge in [0, 0.05) is 23.5 Å². The Morgan fingerprint density at radius 1 is 1.26 bits per heavy atom. The molecule has 0 bridgehead atoms. The van der Waals surface area contributed by atoms with Crippen molar-refractivity contribution in [3.63, 3.8) is 0 Å². The second-order valence-electron chi connectivity index (χ2n) is 6.74. The second kappa shape index (κ2) is 5.09. The van der Waals surface area contributed by atoms with Gasteiger partial charge in [0.15, 0.2) is 5.82 Å². The first-order valence-electron chi connectivity index (χ1n) is 7.22. The molecule has 1 aliphatic heterocycles. The Morgan fingerprint density at radius 2 is 2.00 bits per heavy atom. The third-order valence-corrected chi connectivity index (χ3v) is 5.82. The van der Waals surface area contributed by atoms with E-state index >= 15 is 0 Å². The van der Waals surface area contributed by atoms with Gasteiger partial charge in [-0.1, -0.05) is 19.0 Å². The number of hydrogen-bond donors (Lipinski definition) is 1. The van der Waals surface area contributed by atoms with E-state index in [1.165, 1.54) is 25.7 Å². The fourth-order valence-electron chi connectivity index (χ4n) is 3.05. The van der Waals surface area contributed by atoms with E-state index in [2.05, 4.69) is 24.0 Å². The summed E-state index contributed by atoms with van der Waals surface area (Å²) in [6.45, 7) is 4.69. The van der Waals surface area contributed by atoms with E-state index in [1.807, 2.05) is 11.8 Å². The van der Waals surface area contributed by atoms with E-state index < -0.39 is 0 Å². The van der Waals surface area contributed by atoms with Gasteiger partial charge in [-0.2, -0.15) is 16.7 Å². The van der Waals surface area contributed by atoms with Crippen LogP contribution in [0.15, 0.2) is 4.52 Å². The minimum Gasteiger partial charge on any atom is -0.339 e. The summed E-state index contributed by atoms with van der Waals surface area (Å²) in [6, 6.07) is 0.170. The van der Waals surface area contributed by atoms with Gasteiger partial charge in [-0.25, -0.2) is 0 Å². The molecule has 2 aliphatic rings. The van der Waals surface area contributed by atoms with Crippen LogP contribution >= 0.6 is 11.8 Å². The summed E-state index contributed by atoms with van der Waals surface area (Å²) >= 11 is 1.88. The van der Waals surface area contributed by atoms with Crippen LogP contribution in [0.1, 0.15) is 63.1 Å². The summed E-state index contributed by atoms with van der Waals surface area (Å²) in [5.74, 6) is 4.43. The predicted octanol–water partition coefficient (Wildman–Crippen LogP) is 2.91. The number of rotatable bonds is 2. The average molecular weight is 281 g/mol. The molecule has 0 radical (unpaired) electrons. The molecule has 1 saturated carbocycles. The first-order chi connectivity index (χ1) is 9.05. The summed E-state index contributed by atoms with van der Waals surface area (Å²) in [6.07, 6.45) is 4.86. The lowest BCUT2D eigenvalue weighted by atomic mass is 9.73. The van der Waals surface area contributed by atoms with E-state index in [1.54, 1.807) is 0 Å². The van der Waals surface area contributed by atoms with Gasteiger partial charge >= 0.3 is 0 Å². The van der Waals surface area contributed by atoms with Crippen LogP contribution in [0.25, 0.3) is 0 Å². The maximum atomic E-state index is 6.09. The van der Waals surface area contributed by atoms with Gasteiger partial charge in [0.2, 0.25) is 5.89 Å². The lowest BCUT2D eigenvalue weighted by Crippen LogP contribution is -2.27. The minimum absolute atomic E-state index is 0.170. The molecule has 2 unspecified atom stereocenters. The van der Waals surface area contributed by atoms with Crippen LogP contribution in [0.3, 0.4) is 0 Å². The van der Waals surface area contributed by atoms with Crippen LogP contribution in [0.2, 0.25) is 0 Å². The Labute approximate surface area is 118 Å². The molecule has 4 nitrogen and oxygen atoms in total. The summed E-state index contributed by atoms with van der Waals surface area (Å²) in [4.78, 5) is 4.64. The summed E-state index contributed by atoms with van der Waals surface area (Å²) in [7, 11) is 0. The topological polar surface area (TPSA) is 64.9 Å². The van der Waals surface area contributed by atoms with Crippen LogP contribution in [-0.2, 0) is 0 Å². The standard InChI is InChI=1S/C14H23N3OS/c1-14(2)5-3-9(4-6-14)12-16-13(18-17-12)10-7-19-8-11(10)15/h9-11H,3-8,15H2,1-2H3. The monoisotopic (exact) mass is 281 g/mol. The molecule has 19 heavy (non-hydrogen) atoms. The highest BCUT2D eigenvalue weighted by atomic mass is 32.2. The Bertz CT molecular complexity index is 436. The van der Waals surface area contributed by atoms with E-state index in [-0.39, 0.29) is 12.0 Å². The van der Waals surface area contributed by atoms with Crippen molar-refractivity contribution in [2.75, 3.05) is 11.5 Å². The molecule has 1 saturated heterocycles. The lowest BCUT2D eigenvalue weighted by molar-refractivity contribution is 0.218. The number of hydrogen-bond acceptors (Lipinski definition) is 5. The molecular formula is C14H23N3OS. The van der Waals surface area contributed by atoms with Crippen LogP contribution < -0.4 is 5.73 Å². The molecule has 3 rings (SSSR count). The molecular weight excluding hydrogens is 258 g/mol. The number of aromatic nitrogens is 2. The van der Waals surface area contributed by atoms with E-state index in [9.17, 15) is 0 Å². The highest BCUT2D eigenvalue weighted by molar-refractivity contribution is 7.99. The fraction of sp³-hybridized carbons (Fsp3) is 0.857. The van der Waals surface area contributed by atoms with Crippen molar-refractivity contribution in [3.05, 3.63) is 11.7 Å². The molecule has 0 spiro atoms. The van der Waals surface area contributed by atoms with E-state index in [4.69, 9.17) is 10.3 Å². The summed E-state index contributed by atoms with van der Waals surface area (Å²) in [5, 5.41) is 4.22. The number of nitrogens with zero attached hydrogens (tertiary/aromatic N) is 2. The van der Waals surface area contributed by atoms with Crippen molar-refractivity contribution in [3.8, 4) is 0 Å². The van der Waals surface area contributed by atoms with Gasteiger partial charge in [0.1, 0.15) is 0 Å². The molecule has 2 fully saturated rings. The Kier molecular flexibility index (Phi) is 3.60. The van der Waals surface area contributed by atoms with E-state index in [0.29, 0.717) is 11.3 Å². The Balaban J connectivity index is 1.68. The zero-order chi connectivity index (χ0) is 13.5. The zero-order valence-corrected chi connectivity index (χ0v) is 12.6. The fourth-order valence-corrected chi connectivity index (χ4v) is 4.33. The smallest absolute Gasteiger partial charge is 0.232 e. The first-order valence-corrected chi connectivity index (χ1v) is 8.37. The molecule has 2 heterocycles. The molecule has 5 heteroatoms. The maximum absolute atomic E-state index is 6.09. The van der Waals surface area contributed by atoms with Gasteiger partial charge in [-0.3, -0.25) is 0 Å². The van der Waals surface area contributed by atoms with Crippen molar-refractivity contribution in [1.29, 1.82) is 0 Å². The van der Waals surface area contributed by atoms with Gasteiger partial charge in [0.25, 0.3) is 0 Å². The molecule has 106 valence electrons. The SMILES string of the molecule is CC1(C)CCC(c2noc(C3CSCC3N)n2)CC1. The number of nitrogens with two attached hydrogens (primary N) is 1. The average Bonchev–Trinajstić information content (AvgIpc) is 2.97. The van der Waals surface area contributed by atoms with Crippen molar-refractivity contribution >= 4 is 11.8 Å². The lowest BCUT2D eigenvalue weighted by Gasteiger charge is -2.32. The molecule has 2 N–H and O–H groups in total. The Morgan fingerprint density at radius 3 is 2.63 bits per heavy atom. The summed E-state index contributed by atoms with van der Waals surface area (Å²) in [5.41, 5.74) is 6.57. The van der Waals surface area contributed by atoms with E-state index in [0.717, 1.165) is 23.2 Å². The molecule has 1 aliphatic carbocycles.